The van der Waals surface area contributed by atoms with E-state index in [9.17, 15) is 14.0 Å². The molecule has 1 aliphatic heterocycles. The predicted molar refractivity (Wildman–Crippen MR) is 116 cm³/mol. The molecule has 11 heteroatoms. The number of nitrogens with one attached hydrogen (secondary N) is 2. The van der Waals surface area contributed by atoms with E-state index >= 15 is 0 Å². The van der Waals surface area contributed by atoms with Crippen molar-refractivity contribution in [3.8, 4) is 11.5 Å². The van der Waals surface area contributed by atoms with Gasteiger partial charge in [-0.15, -0.1) is 10.2 Å². The zero-order valence-electron chi connectivity index (χ0n) is 17.3. The topological polar surface area (TPSA) is 107 Å². The predicted octanol–water partition coefficient (Wildman–Crippen LogP) is 2.98. The van der Waals surface area contributed by atoms with Crippen molar-refractivity contribution >= 4 is 35.0 Å². The van der Waals surface area contributed by atoms with Gasteiger partial charge in [-0.05, 0) is 43.3 Å². The standard InChI is InChI=1S/C21H20FN5O4S/c1-12(20(29)24-15-7-8-16-17(9-15)31-11-30-16)32-21-26-25-18(27(21)2)10-19(28)23-14-5-3-13(22)4-6-14/h3-9,12H,10-11H2,1-2H3,(H,23,28)(H,24,29)/t12-/m0/s1. The molecule has 1 aromatic heterocycles. The number of hydrogen-bond acceptors (Lipinski definition) is 7. The molecular weight excluding hydrogens is 437 g/mol. The minimum Gasteiger partial charge on any atom is -0.454 e. The van der Waals surface area contributed by atoms with Crippen molar-refractivity contribution in [3.63, 3.8) is 0 Å². The fraction of sp³-hybridized carbons (Fsp3) is 0.238. The Labute approximate surface area is 187 Å². The molecule has 2 heterocycles. The van der Waals surface area contributed by atoms with E-state index in [-0.39, 0.29) is 30.8 Å². The molecule has 9 nitrogen and oxygen atoms in total. The molecule has 2 amide bonds. The first kappa shape index (κ1) is 21.6. The molecule has 0 bridgehead atoms. The van der Waals surface area contributed by atoms with E-state index in [0.717, 1.165) is 0 Å². The van der Waals surface area contributed by atoms with Crippen LogP contribution in [-0.4, -0.2) is 38.6 Å². The number of carbonyl (C=O) groups is 2. The van der Waals surface area contributed by atoms with Gasteiger partial charge in [-0.2, -0.15) is 0 Å². The minimum atomic E-state index is -0.468. The van der Waals surface area contributed by atoms with Crippen LogP contribution >= 0.6 is 11.8 Å². The molecule has 1 atom stereocenters. The zero-order chi connectivity index (χ0) is 22.7. The van der Waals surface area contributed by atoms with Gasteiger partial charge in [0.15, 0.2) is 16.7 Å². The lowest BCUT2D eigenvalue weighted by Gasteiger charge is -2.12. The maximum absolute atomic E-state index is 13.0. The third-order valence-electron chi connectivity index (χ3n) is 4.66. The summed E-state index contributed by atoms with van der Waals surface area (Å²) < 4.78 is 25.2. The molecule has 0 spiro atoms. The lowest BCUT2D eigenvalue weighted by atomic mass is 10.2. The summed E-state index contributed by atoms with van der Waals surface area (Å²) in [6.07, 6.45) is -0.0147. The van der Waals surface area contributed by atoms with Gasteiger partial charge in [0.1, 0.15) is 11.6 Å². The Morgan fingerprint density at radius 2 is 1.81 bits per heavy atom. The van der Waals surface area contributed by atoms with Gasteiger partial charge in [-0.3, -0.25) is 9.59 Å². The van der Waals surface area contributed by atoms with Crippen LogP contribution in [0.3, 0.4) is 0 Å². The van der Waals surface area contributed by atoms with Gasteiger partial charge in [0.05, 0.1) is 11.7 Å². The number of anilines is 2. The van der Waals surface area contributed by atoms with Gasteiger partial charge in [-0.25, -0.2) is 4.39 Å². The molecule has 0 unspecified atom stereocenters. The minimum absolute atomic E-state index is 0.0147. The molecule has 166 valence electrons. The normalized spacial score (nSPS) is 13.0. The van der Waals surface area contributed by atoms with E-state index in [1.165, 1.54) is 36.0 Å². The number of thioether (sulfide) groups is 1. The van der Waals surface area contributed by atoms with Crippen molar-refractivity contribution in [2.24, 2.45) is 7.05 Å². The molecule has 0 radical (unpaired) electrons. The average Bonchev–Trinajstić information content (AvgIpc) is 3.37. The third-order valence-corrected chi connectivity index (χ3v) is 5.80. The van der Waals surface area contributed by atoms with E-state index in [1.54, 1.807) is 36.7 Å². The third kappa shape index (κ3) is 4.99. The fourth-order valence-electron chi connectivity index (χ4n) is 2.91. The SMILES string of the molecule is C[C@H](Sc1nnc(CC(=O)Nc2ccc(F)cc2)n1C)C(=O)Nc1ccc2c(c1)OCO2. The summed E-state index contributed by atoms with van der Waals surface area (Å²) in [6, 6.07) is 10.7. The number of benzene rings is 2. The number of fused-ring (bicyclic) bond motifs is 1. The van der Waals surface area contributed by atoms with Gasteiger partial charge >= 0.3 is 0 Å². The first-order valence-corrected chi connectivity index (χ1v) is 10.6. The summed E-state index contributed by atoms with van der Waals surface area (Å²) in [7, 11) is 1.73. The van der Waals surface area contributed by atoms with Crippen molar-refractivity contribution in [2.45, 2.75) is 23.8 Å². The van der Waals surface area contributed by atoms with Crippen molar-refractivity contribution < 1.29 is 23.5 Å². The van der Waals surface area contributed by atoms with Crippen molar-refractivity contribution in [1.82, 2.24) is 14.8 Å². The number of rotatable bonds is 7. The second kappa shape index (κ2) is 9.27. The summed E-state index contributed by atoms with van der Waals surface area (Å²) >= 11 is 1.22. The van der Waals surface area contributed by atoms with Crippen LogP contribution < -0.4 is 20.1 Å². The number of nitrogens with zero attached hydrogens (tertiary/aromatic N) is 3. The Balaban J connectivity index is 1.33. The molecule has 0 fully saturated rings. The highest BCUT2D eigenvalue weighted by Gasteiger charge is 2.21. The first-order valence-electron chi connectivity index (χ1n) is 9.70. The number of halogens is 1. The lowest BCUT2D eigenvalue weighted by Crippen LogP contribution is -2.23. The van der Waals surface area contributed by atoms with Crippen molar-refractivity contribution in [3.05, 3.63) is 54.1 Å². The number of amides is 2. The van der Waals surface area contributed by atoms with E-state index < -0.39 is 5.25 Å². The molecule has 32 heavy (non-hydrogen) atoms. The number of ether oxygens (including phenoxy) is 2. The van der Waals surface area contributed by atoms with Crippen LogP contribution in [0.1, 0.15) is 12.7 Å². The van der Waals surface area contributed by atoms with Gasteiger partial charge in [0.25, 0.3) is 0 Å². The Kier molecular flexibility index (Phi) is 6.26. The monoisotopic (exact) mass is 457 g/mol. The van der Waals surface area contributed by atoms with E-state index in [2.05, 4.69) is 20.8 Å². The Morgan fingerprint density at radius 3 is 2.59 bits per heavy atom. The Morgan fingerprint density at radius 1 is 1.09 bits per heavy atom. The van der Waals surface area contributed by atoms with Crippen LogP contribution in [0.25, 0.3) is 0 Å². The maximum Gasteiger partial charge on any atom is 0.237 e. The van der Waals surface area contributed by atoms with Gasteiger partial charge in [0.2, 0.25) is 18.6 Å². The summed E-state index contributed by atoms with van der Waals surface area (Å²) in [5.74, 6) is 0.760. The quantitative estimate of drug-likeness (QED) is 0.525. The molecule has 2 N–H and O–H groups in total. The van der Waals surface area contributed by atoms with Crippen molar-refractivity contribution in [1.29, 1.82) is 0 Å². The lowest BCUT2D eigenvalue weighted by molar-refractivity contribution is -0.116. The highest BCUT2D eigenvalue weighted by Crippen LogP contribution is 2.34. The summed E-state index contributed by atoms with van der Waals surface area (Å²) in [4.78, 5) is 24.9. The second-order valence-electron chi connectivity index (χ2n) is 7.01. The second-order valence-corrected chi connectivity index (χ2v) is 8.31. The Hall–Kier alpha value is -3.60. The smallest absolute Gasteiger partial charge is 0.237 e. The van der Waals surface area contributed by atoms with Gasteiger partial charge in [-0.1, -0.05) is 11.8 Å². The number of carbonyl (C=O) groups excluding carboxylic acids is 2. The molecule has 2 aromatic carbocycles. The first-order chi connectivity index (χ1) is 15.4. The zero-order valence-corrected chi connectivity index (χ0v) is 18.1. The largest absolute Gasteiger partial charge is 0.454 e. The molecule has 0 saturated heterocycles. The van der Waals surface area contributed by atoms with Gasteiger partial charge < -0.3 is 24.7 Å². The summed E-state index contributed by atoms with van der Waals surface area (Å²) in [5.41, 5.74) is 1.09. The number of hydrogen-bond donors (Lipinski definition) is 2. The van der Waals surface area contributed by atoms with E-state index in [4.69, 9.17) is 9.47 Å². The van der Waals surface area contributed by atoms with Crippen LogP contribution in [0.15, 0.2) is 47.6 Å². The van der Waals surface area contributed by atoms with E-state index in [0.29, 0.717) is 33.9 Å². The average molecular weight is 457 g/mol. The number of aromatic nitrogens is 3. The molecule has 1 aliphatic rings. The molecule has 0 saturated carbocycles. The van der Waals surface area contributed by atoms with Gasteiger partial charge in [0, 0.05) is 24.5 Å². The summed E-state index contributed by atoms with van der Waals surface area (Å²) in [5, 5.41) is 13.7. The molecule has 3 aromatic rings. The van der Waals surface area contributed by atoms with E-state index in [1.807, 2.05) is 0 Å². The van der Waals surface area contributed by atoms with Crippen LogP contribution in [0.5, 0.6) is 11.5 Å². The van der Waals surface area contributed by atoms with Crippen LogP contribution in [0, 0.1) is 5.82 Å². The van der Waals surface area contributed by atoms with Crippen LogP contribution in [-0.2, 0) is 23.1 Å². The summed E-state index contributed by atoms with van der Waals surface area (Å²) in [6.45, 7) is 1.91. The van der Waals surface area contributed by atoms with Crippen LogP contribution in [0.2, 0.25) is 0 Å². The molecule has 0 aliphatic carbocycles. The fourth-order valence-corrected chi connectivity index (χ4v) is 3.75. The Bertz CT molecular complexity index is 1150. The maximum atomic E-state index is 13.0. The molecule has 4 rings (SSSR count). The van der Waals surface area contributed by atoms with Crippen molar-refractivity contribution in [2.75, 3.05) is 17.4 Å². The highest BCUT2D eigenvalue weighted by molar-refractivity contribution is 8.00. The molecular formula is C21H20FN5O4S. The highest BCUT2D eigenvalue weighted by atomic mass is 32.2. The van der Waals surface area contributed by atoms with Crippen LogP contribution in [0.4, 0.5) is 15.8 Å².